The quantitative estimate of drug-likeness (QED) is 0.626. The first-order chi connectivity index (χ1) is 6.95. The molecule has 6 heteroatoms. The fourth-order valence-electron chi connectivity index (χ4n) is 2.10. The summed E-state index contributed by atoms with van der Waals surface area (Å²) in [4.78, 5) is 11.0. The van der Waals surface area contributed by atoms with Crippen LogP contribution in [0.1, 0.15) is 13.8 Å². The van der Waals surface area contributed by atoms with E-state index in [1.807, 2.05) is 0 Å². The molecule has 0 aromatic heterocycles. The first kappa shape index (κ1) is 10.7. The Morgan fingerprint density at radius 3 is 2.53 bits per heavy atom. The van der Waals surface area contributed by atoms with Gasteiger partial charge in [0, 0.05) is 7.11 Å². The lowest BCUT2D eigenvalue weighted by atomic mass is 9.90. The molecule has 0 aromatic rings. The fourth-order valence-corrected chi connectivity index (χ4v) is 2.10. The zero-order valence-corrected chi connectivity index (χ0v) is 8.80. The smallest absolute Gasteiger partial charge is 0.424 e. The molecule has 2 rings (SSSR count). The topological polar surface area (TPSA) is 74.2 Å². The highest BCUT2D eigenvalue weighted by Gasteiger charge is 2.57. The molecule has 0 aliphatic carbocycles. The van der Waals surface area contributed by atoms with Crippen LogP contribution in [0.4, 0.5) is 4.79 Å². The fraction of sp³-hybridized carbons (Fsp3) is 0.889. The third-order valence-corrected chi connectivity index (χ3v) is 2.73. The second-order valence-corrected chi connectivity index (χ2v) is 4.18. The standard InChI is InChI=1S/C9H14O6/c1-9(2)6(12-3)4-5(7(10)15-9)14-8(11)13-4/h4-7,10H,1-3H3/t4-,5?,6-,7+/m1/s1. The predicted octanol–water partition coefficient (Wildman–Crippen LogP) is 0.0326. The van der Waals surface area contributed by atoms with Gasteiger partial charge in [0.1, 0.15) is 6.10 Å². The SMILES string of the molecule is CO[C@@H]1[C@@H]2OC(=O)OC2[C@@H](O)OC1(C)C. The predicted molar refractivity (Wildman–Crippen MR) is 47.1 cm³/mol. The Kier molecular flexibility index (Phi) is 2.37. The Balaban J connectivity index is 2.26. The number of aliphatic hydroxyl groups is 1. The van der Waals surface area contributed by atoms with Crippen molar-refractivity contribution in [3.63, 3.8) is 0 Å². The molecule has 0 bridgehead atoms. The van der Waals surface area contributed by atoms with Crippen LogP contribution in [0.5, 0.6) is 0 Å². The van der Waals surface area contributed by atoms with Crippen molar-refractivity contribution in [2.45, 2.75) is 44.1 Å². The van der Waals surface area contributed by atoms with Gasteiger partial charge in [0.25, 0.3) is 0 Å². The van der Waals surface area contributed by atoms with Crippen molar-refractivity contribution in [2.24, 2.45) is 0 Å². The van der Waals surface area contributed by atoms with Crippen LogP contribution in [-0.4, -0.2) is 48.6 Å². The highest BCUT2D eigenvalue weighted by atomic mass is 16.8. The number of hydrogen-bond donors (Lipinski definition) is 1. The molecule has 1 unspecified atom stereocenters. The number of aliphatic hydroxyl groups excluding tert-OH is 1. The number of hydrogen-bond acceptors (Lipinski definition) is 6. The van der Waals surface area contributed by atoms with Gasteiger partial charge in [-0.05, 0) is 13.8 Å². The third kappa shape index (κ3) is 1.58. The average Bonchev–Trinajstić information content (AvgIpc) is 2.46. The molecule has 15 heavy (non-hydrogen) atoms. The van der Waals surface area contributed by atoms with E-state index >= 15 is 0 Å². The van der Waals surface area contributed by atoms with Crippen molar-refractivity contribution < 1.29 is 28.8 Å². The third-order valence-electron chi connectivity index (χ3n) is 2.73. The second kappa shape index (κ2) is 3.33. The molecule has 2 fully saturated rings. The summed E-state index contributed by atoms with van der Waals surface area (Å²) in [5.74, 6) is 0. The molecule has 1 N–H and O–H groups in total. The van der Waals surface area contributed by atoms with Crippen molar-refractivity contribution in [3.05, 3.63) is 0 Å². The molecular formula is C9H14O6. The largest absolute Gasteiger partial charge is 0.509 e. The van der Waals surface area contributed by atoms with Crippen LogP contribution < -0.4 is 0 Å². The number of carbonyl (C=O) groups is 1. The van der Waals surface area contributed by atoms with Gasteiger partial charge in [-0.1, -0.05) is 0 Å². The summed E-state index contributed by atoms with van der Waals surface area (Å²) in [6.45, 7) is 3.51. The Labute approximate surface area is 87.1 Å². The van der Waals surface area contributed by atoms with Gasteiger partial charge in [-0.3, -0.25) is 0 Å². The van der Waals surface area contributed by atoms with Gasteiger partial charge in [-0.25, -0.2) is 4.79 Å². The van der Waals surface area contributed by atoms with E-state index in [1.165, 1.54) is 7.11 Å². The summed E-state index contributed by atoms with van der Waals surface area (Å²) in [5.41, 5.74) is -0.733. The molecule has 0 spiro atoms. The molecule has 2 aliphatic heterocycles. The van der Waals surface area contributed by atoms with Crippen molar-refractivity contribution in [2.75, 3.05) is 7.11 Å². The average molecular weight is 218 g/mol. The summed E-state index contributed by atoms with van der Waals surface area (Å²) >= 11 is 0. The van der Waals surface area contributed by atoms with Crippen LogP contribution in [0.25, 0.3) is 0 Å². The zero-order chi connectivity index (χ0) is 11.2. The first-order valence-corrected chi connectivity index (χ1v) is 4.71. The van der Waals surface area contributed by atoms with Crippen LogP contribution in [0, 0.1) is 0 Å². The summed E-state index contributed by atoms with van der Waals surface area (Å²) in [7, 11) is 1.50. The Morgan fingerprint density at radius 1 is 1.33 bits per heavy atom. The van der Waals surface area contributed by atoms with Crippen molar-refractivity contribution in [1.82, 2.24) is 0 Å². The molecule has 0 amide bonds. The molecule has 2 saturated heterocycles. The van der Waals surface area contributed by atoms with Crippen molar-refractivity contribution >= 4 is 6.16 Å². The number of ether oxygens (including phenoxy) is 4. The van der Waals surface area contributed by atoms with Gasteiger partial charge in [0.2, 0.25) is 0 Å². The van der Waals surface area contributed by atoms with E-state index in [0.29, 0.717) is 0 Å². The van der Waals surface area contributed by atoms with Gasteiger partial charge >= 0.3 is 6.16 Å². The van der Waals surface area contributed by atoms with E-state index in [0.717, 1.165) is 0 Å². The minimum Gasteiger partial charge on any atom is -0.424 e. The Hall–Kier alpha value is -0.850. The number of methoxy groups -OCH3 is 1. The molecule has 4 atom stereocenters. The minimum atomic E-state index is -1.18. The van der Waals surface area contributed by atoms with Gasteiger partial charge in [-0.2, -0.15) is 0 Å². The summed E-state index contributed by atoms with van der Waals surface area (Å²) in [5, 5.41) is 9.61. The maximum atomic E-state index is 11.0. The summed E-state index contributed by atoms with van der Waals surface area (Å²) < 4.78 is 20.3. The molecule has 0 saturated carbocycles. The van der Waals surface area contributed by atoms with E-state index in [4.69, 9.17) is 18.9 Å². The maximum Gasteiger partial charge on any atom is 0.509 e. The summed E-state index contributed by atoms with van der Waals surface area (Å²) in [6, 6.07) is 0. The molecule has 0 radical (unpaired) electrons. The van der Waals surface area contributed by atoms with E-state index in [9.17, 15) is 9.90 Å². The molecular weight excluding hydrogens is 204 g/mol. The summed E-state index contributed by atoms with van der Waals surface area (Å²) in [6.07, 6.45) is -3.87. The Bertz CT molecular complexity index is 276. The molecule has 6 nitrogen and oxygen atoms in total. The van der Waals surface area contributed by atoms with E-state index in [-0.39, 0.29) is 0 Å². The normalized spacial score (nSPS) is 43.1. The number of rotatable bonds is 1. The van der Waals surface area contributed by atoms with Crippen LogP contribution >= 0.6 is 0 Å². The first-order valence-electron chi connectivity index (χ1n) is 4.71. The highest BCUT2D eigenvalue weighted by Crippen LogP contribution is 2.36. The highest BCUT2D eigenvalue weighted by molar-refractivity contribution is 5.63. The molecule has 2 heterocycles. The van der Waals surface area contributed by atoms with Crippen LogP contribution in [0.15, 0.2) is 0 Å². The lowest BCUT2D eigenvalue weighted by Gasteiger charge is -2.43. The lowest BCUT2D eigenvalue weighted by molar-refractivity contribution is -0.291. The molecule has 86 valence electrons. The van der Waals surface area contributed by atoms with Crippen LogP contribution in [0.3, 0.4) is 0 Å². The molecule has 0 aromatic carbocycles. The Morgan fingerprint density at radius 2 is 1.93 bits per heavy atom. The monoisotopic (exact) mass is 218 g/mol. The van der Waals surface area contributed by atoms with Crippen molar-refractivity contribution in [3.8, 4) is 0 Å². The van der Waals surface area contributed by atoms with Gasteiger partial charge < -0.3 is 24.1 Å². The van der Waals surface area contributed by atoms with Gasteiger partial charge in [0.15, 0.2) is 18.5 Å². The van der Waals surface area contributed by atoms with E-state index in [2.05, 4.69) is 0 Å². The second-order valence-electron chi connectivity index (χ2n) is 4.18. The van der Waals surface area contributed by atoms with Crippen LogP contribution in [-0.2, 0) is 18.9 Å². The van der Waals surface area contributed by atoms with Crippen LogP contribution in [0.2, 0.25) is 0 Å². The lowest BCUT2D eigenvalue weighted by Crippen LogP contribution is -2.61. The van der Waals surface area contributed by atoms with Gasteiger partial charge in [0.05, 0.1) is 5.60 Å². The maximum absolute atomic E-state index is 11.0. The molecule has 2 aliphatic rings. The van der Waals surface area contributed by atoms with Gasteiger partial charge in [-0.15, -0.1) is 0 Å². The van der Waals surface area contributed by atoms with E-state index in [1.54, 1.807) is 13.8 Å². The number of fused-ring (bicyclic) bond motifs is 1. The number of carbonyl (C=O) groups excluding carboxylic acids is 1. The zero-order valence-electron chi connectivity index (χ0n) is 8.80. The minimum absolute atomic E-state index is 0.461. The van der Waals surface area contributed by atoms with E-state index < -0.39 is 36.4 Å². The van der Waals surface area contributed by atoms with Crippen molar-refractivity contribution in [1.29, 1.82) is 0 Å².